The molecule has 0 fully saturated rings. The number of thioether (sulfide) groups is 1. The number of amides is 1. The van der Waals surface area contributed by atoms with Crippen LogP contribution in [0.3, 0.4) is 0 Å². The first-order valence-corrected chi connectivity index (χ1v) is 8.16. The number of aromatic hydroxyl groups is 1. The van der Waals surface area contributed by atoms with Crippen molar-refractivity contribution in [2.45, 2.75) is 11.8 Å². The molecule has 3 N–H and O–H groups in total. The van der Waals surface area contributed by atoms with Gasteiger partial charge in [-0.05, 0) is 29.8 Å². The average molecular weight is 331 g/mol. The lowest BCUT2D eigenvalue weighted by Gasteiger charge is -2.14. The van der Waals surface area contributed by atoms with Gasteiger partial charge in [0.05, 0.1) is 0 Å². The summed E-state index contributed by atoms with van der Waals surface area (Å²) in [4.78, 5) is 23.3. The molecular formula is C17H17NO4S. The minimum absolute atomic E-state index is 0.0507. The number of hydrogen-bond acceptors (Lipinski definition) is 4. The molecule has 1 amide bonds. The summed E-state index contributed by atoms with van der Waals surface area (Å²) in [5.41, 5.74) is 1.41. The lowest BCUT2D eigenvalue weighted by atomic mass is 10.2. The smallest absolute Gasteiger partial charge is 0.327 e. The number of carboxylic acids is 1. The molecule has 0 bridgehead atoms. The monoisotopic (exact) mass is 331 g/mol. The number of rotatable bonds is 7. The minimum atomic E-state index is -1.07. The Balaban J connectivity index is 1.89. The Bertz CT molecular complexity index is 658. The lowest BCUT2D eigenvalue weighted by Crippen LogP contribution is -2.42. The Hall–Kier alpha value is -2.47. The average Bonchev–Trinajstić information content (AvgIpc) is 2.55. The molecule has 0 heterocycles. The fourth-order valence-corrected chi connectivity index (χ4v) is 2.91. The highest BCUT2D eigenvalue weighted by molar-refractivity contribution is 7.98. The van der Waals surface area contributed by atoms with Crippen LogP contribution in [-0.4, -0.2) is 33.9 Å². The highest BCUT2D eigenvalue weighted by Gasteiger charge is 2.20. The molecule has 0 aliphatic carbocycles. The minimum Gasteiger partial charge on any atom is -0.508 e. The lowest BCUT2D eigenvalue weighted by molar-refractivity contribution is -0.138. The van der Waals surface area contributed by atoms with E-state index in [-0.39, 0.29) is 11.5 Å². The van der Waals surface area contributed by atoms with Gasteiger partial charge in [0.25, 0.3) is 5.91 Å². The fourth-order valence-electron chi connectivity index (χ4n) is 1.90. The van der Waals surface area contributed by atoms with E-state index in [1.807, 2.05) is 30.3 Å². The van der Waals surface area contributed by atoms with E-state index in [1.54, 1.807) is 0 Å². The Labute approximate surface area is 138 Å². The summed E-state index contributed by atoms with van der Waals surface area (Å²) in [6.45, 7) is 0. The van der Waals surface area contributed by atoms with Crippen LogP contribution in [0.4, 0.5) is 0 Å². The molecule has 6 heteroatoms. The zero-order chi connectivity index (χ0) is 16.7. The first-order valence-electron chi connectivity index (χ1n) is 7.00. The maximum Gasteiger partial charge on any atom is 0.327 e. The standard InChI is InChI=1S/C17H17NO4S/c19-14-8-6-13(7-9-14)16(20)18-15(17(21)22)11-23-10-12-4-2-1-3-5-12/h1-9,15,19H,10-11H2,(H,18,20)(H,21,22)/t15-/m0/s1. The van der Waals surface area contributed by atoms with Gasteiger partial charge in [-0.2, -0.15) is 11.8 Å². The van der Waals surface area contributed by atoms with Gasteiger partial charge in [-0.25, -0.2) is 4.79 Å². The van der Waals surface area contributed by atoms with Crippen molar-refractivity contribution in [1.82, 2.24) is 5.32 Å². The van der Waals surface area contributed by atoms with Crippen LogP contribution in [-0.2, 0) is 10.5 Å². The van der Waals surface area contributed by atoms with E-state index in [1.165, 1.54) is 36.0 Å². The zero-order valence-electron chi connectivity index (χ0n) is 12.3. The maximum absolute atomic E-state index is 12.0. The molecule has 0 aliphatic rings. The maximum atomic E-state index is 12.0. The number of carbonyl (C=O) groups excluding carboxylic acids is 1. The molecular weight excluding hydrogens is 314 g/mol. The summed E-state index contributed by atoms with van der Waals surface area (Å²) < 4.78 is 0. The number of hydrogen-bond donors (Lipinski definition) is 3. The van der Waals surface area contributed by atoms with Crippen LogP contribution in [0, 0.1) is 0 Å². The van der Waals surface area contributed by atoms with Crippen molar-refractivity contribution in [2.75, 3.05) is 5.75 Å². The summed E-state index contributed by atoms with van der Waals surface area (Å²) in [6, 6.07) is 14.4. The second kappa shape index (κ2) is 8.24. The summed E-state index contributed by atoms with van der Waals surface area (Å²) in [5, 5.41) is 20.9. The van der Waals surface area contributed by atoms with Crippen LogP contribution in [0.2, 0.25) is 0 Å². The van der Waals surface area contributed by atoms with E-state index in [0.29, 0.717) is 11.3 Å². The van der Waals surface area contributed by atoms with Gasteiger partial charge < -0.3 is 15.5 Å². The number of phenolic OH excluding ortho intramolecular Hbond substituents is 1. The first kappa shape index (κ1) is 16.9. The number of nitrogens with one attached hydrogen (secondary N) is 1. The van der Waals surface area contributed by atoms with Crippen molar-refractivity contribution >= 4 is 23.6 Å². The summed E-state index contributed by atoms with van der Waals surface area (Å²) in [5.74, 6) is -0.543. The Kier molecular flexibility index (Phi) is 6.05. The van der Waals surface area contributed by atoms with E-state index < -0.39 is 17.9 Å². The molecule has 5 nitrogen and oxygen atoms in total. The van der Waals surface area contributed by atoms with Crippen molar-refractivity contribution in [3.63, 3.8) is 0 Å². The second-order valence-corrected chi connectivity index (χ2v) is 5.94. The highest BCUT2D eigenvalue weighted by atomic mass is 32.2. The molecule has 0 saturated heterocycles. The molecule has 0 radical (unpaired) electrons. The van der Waals surface area contributed by atoms with E-state index >= 15 is 0 Å². The summed E-state index contributed by atoms with van der Waals surface area (Å²) in [6.07, 6.45) is 0. The first-order chi connectivity index (χ1) is 11.1. The summed E-state index contributed by atoms with van der Waals surface area (Å²) in [7, 11) is 0. The molecule has 0 spiro atoms. The van der Waals surface area contributed by atoms with Gasteiger partial charge in [0.2, 0.25) is 0 Å². The predicted molar refractivity (Wildman–Crippen MR) is 89.6 cm³/mol. The quantitative estimate of drug-likeness (QED) is 0.726. The van der Waals surface area contributed by atoms with E-state index in [2.05, 4.69) is 5.32 Å². The Morgan fingerprint density at radius 3 is 2.30 bits per heavy atom. The molecule has 120 valence electrons. The van der Waals surface area contributed by atoms with Crippen LogP contribution < -0.4 is 5.32 Å². The van der Waals surface area contributed by atoms with Crippen molar-refractivity contribution in [3.8, 4) is 5.75 Å². The van der Waals surface area contributed by atoms with Gasteiger partial charge >= 0.3 is 5.97 Å². The molecule has 2 aromatic rings. The number of benzene rings is 2. The van der Waals surface area contributed by atoms with Gasteiger partial charge in [0.15, 0.2) is 0 Å². The van der Waals surface area contributed by atoms with Gasteiger partial charge in [-0.1, -0.05) is 30.3 Å². The third-order valence-electron chi connectivity index (χ3n) is 3.13. The van der Waals surface area contributed by atoms with Crippen molar-refractivity contribution in [1.29, 1.82) is 0 Å². The third-order valence-corrected chi connectivity index (χ3v) is 4.24. The molecule has 0 aromatic heterocycles. The third kappa shape index (κ3) is 5.34. The van der Waals surface area contributed by atoms with Crippen molar-refractivity contribution in [3.05, 3.63) is 65.7 Å². The highest BCUT2D eigenvalue weighted by Crippen LogP contribution is 2.14. The SMILES string of the molecule is O=C(N[C@@H](CSCc1ccccc1)C(=O)O)c1ccc(O)cc1. The van der Waals surface area contributed by atoms with Crippen LogP contribution in [0.1, 0.15) is 15.9 Å². The molecule has 23 heavy (non-hydrogen) atoms. The predicted octanol–water partition coefficient (Wildman–Crippen LogP) is 2.51. The number of carboxylic acid groups (broad SMARTS) is 1. The van der Waals surface area contributed by atoms with Gasteiger partial charge in [0, 0.05) is 17.1 Å². The molecule has 0 saturated carbocycles. The van der Waals surface area contributed by atoms with E-state index in [4.69, 9.17) is 0 Å². The number of phenols is 1. The molecule has 2 rings (SSSR count). The number of carbonyl (C=O) groups is 2. The van der Waals surface area contributed by atoms with Gasteiger partial charge in [-0.15, -0.1) is 0 Å². The summed E-state index contributed by atoms with van der Waals surface area (Å²) >= 11 is 1.45. The topological polar surface area (TPSA) is 86.6 Å². The van der Waals surface area contributed by atoms with Gasteiger partial charge in [-0.3, -0.25) is 4.79 Å². The molecule has 2 aromatic carbocycles. The second-order valence-electron chi connectivity index (χ2n) is 4.91. The normalized spacial score (nSPS) is 11.7. The Morgan fingerprint density at radius 1 is 1.04 bits per heavy atom. The van der Waals surface area contributed by atoms with Gasteiger partial charge in [0.1, 0.15) is 11.8 Å². The van der Waals surface area contributed by atoms with E-state index in [0.717, 1.165) is 5.56 Å². The molecule has 0 unspecified atom stereocenters. The van der Waals surface area contributed by atoms with Crippen molar-refractivity contribution < 1.29 is 19.8 Å². The largest absolute Gasteiger partial charge is 0.508 e. The van der Waals surface area contributed by atoms with Crippen LogP contribution in [0.15, 0.2) is 54.6 Å². The number of aliphatic carboxylic acids is 1. The fraction of sp³-hybridized carbons (Fsp3) is 0.176. The van der Waals surface area contributed by atoms with Crippen LogP contribution in [0.25, 0.3) is 0 Å². The van der Waals surface area contributed by atoms with Crippen LogP contribution >= 0.6 is 11.8 Å². The van der Waals surface area contributed by atoms with E-state index in [9.17, 15) is 19.8 Å². The van der Waals surface area contributed by atoms with Crippen LogP contribution in [0.5, 0.6) is 5.75 Å². The van der Waals surface area contributed by atoms with Crippen molar-refractivity contribution in [2.24, 2.45) is 0 Å². The Morgan fingerprint density at radius 2 is 1.70 bits per heavy atom. The molecule has 0 aliphatic heterocycles. The molecule has 1 atom stereocenters. The zero-order valence-corrected chi connectivity index (χ0v) is 13.1.